The summed E-state index contributed by atoms with van der Waals surface area (Å²) in [6.45, 7) is 0.228. The number of β-lactam (4-membered cyclic amide) rings is 1. The van der Waals surface area contributed by atoms with E-state index in [1.54, 1.807) is 35.1 Å². The molecule has 188 valence electrons. The number of imidazole rings is 1. The molecule has 5 heterocycles. The van der Waals surface area contributed by atoms with E-state index in [0.29, 0.717) is 16.9 Å². The van der Waals surface area contributed by atoms with Crippen LogP contribution >= 0.6 is 23.3 Å². The third-order valence-electron chi connectivity index (χ3n) is 5.73. The highest BCUT2D eigenvalue weighted by atomic mass is 32.2. The molecule has 0 aromatic carbocycles. The number of thioether (sulfide) groups is 1. The molecule has 16 heteroatoms. The van der Waals surface area contributed by atoms with Gasteiger partial charge in [-0.3, -0.25) is 14.5 Å². The summed E-state index contributed by atoms with van der Waals surface area (Å²) >= 11 is 2.21. The van der Waals surface area contributed by atoms with Gasteiger partial charge in [0.1, 0.15) is 55.4 Å². The molecule has 14 nitrogen and oxygen atoms in total. The van der Waals surface area contributed by atoms with Gasteiger partial charge in [-0.2, -0.15) is 14.6 Å². The van der Waals surface area contributed by atoms with Crippen LogP contribution in [-0.2, 0) is 25.8 Å². The summed E-state index contributed by atoms with van der Waals surface area (Å²) in [4.78, 5) is 47.9. The number of anilines is 1. The van der Waals surface area contributed by atoms with Gasteiger partial charge in [0.15, 0.2) is 5.13 Å². The van der Waals surface area contributed by atoms with E-state index in [-0.39, 0.29) is 28.9 Å². The molecule has 0 bridgehead atoms. The number of carbonyl (C=O) groups excluding carboxylic acids is 2. The molecule has 2 aliphatic rings. The van der Waals surface area contributed by atoms with Crippen LogP contribution in [0, 0.1) is 11.3 Å². The minimum atomic E-state index is -1.24. The standard InChI is InChI=1S/C21H17N9O5S2/c1-35-26-13(16-25-21(23)37-27-16)17(31)24-14-18(32)30-15(20(33)34)11(9-36-19(14)30)8-29-5-4-28-7-10(6-22)2-3-12(28)29/h2-5,7,14,19H,8-9H2,1H3,(H3-,23,24,25,27,31,33,34)/p+1/t14-,19+/m1/s1. The lowest BCUT2D eigenvalue weighted by molar-refractivity contribution is -0.662. The molecule has 0 aliphatic carbocycles. The zero-order chi connectivity index (χ0) is 26.3. The maximum atomic E-state index is 13.0. The van der Waals surface area contributed by atoms with Crippen LogP contribution in [0.2, 0.25) is 0 Å². The summed E-state index contributed by atoms with van der Waals surface area (Å²) in [5.41, 5.74) is 7.00. The zero-order valence-corrected chi connectivity index (χ0v) is 20.7. The molecule has 5 rings (SSSR count). The first kappa shape index (κ1) is 24.2. The minimum absolute atomic E-state index is 0.0473. The molecular formula is C21H18N9O5S2+. The van der Waals surface area contributed by atoms with Gasteiger partial charge in [0.2, 0.25) is 11.5 Å². The Bertz CT molecular complexity index is 1550. The van der Waals surface area contributed by atoms with Gasteiger partial charge in [-0.05, 0) is 6.07 Å². The van der Waals surface area contributed by atoms with Gasteiger partial charge < -0.3 is 21.0 Å². The van der Waals surface area contributed by atoms with E-state index in [0.717, 1.165) is 17.2 Å². The average molecular weight is 541 g/mol. The van der Waals surface area contributed by atoms with E-state index in [4.69, 9.17) is 15.8 Å². The zero-order valence-electron chi connectivity index (χ0n) is 19.1. The number of aromatic nitrogens is 4. The lowest BCUT2D eigenvalue weighted by atomic mass is 10.0. The van der Waals surface area contributed by atoms with E-state index in [1.807, 2.05) is 4.57 Å². The Hall–Kier alpha value is -4.49. The maximum absolute atomic E-state index is 13.0. The van der Waals surface area contributed by atoms with Crippen LogP contribution in [0.4, 0.5) is 5.13 Å². The molecule has 0 unspecified atom stereocenters. The van der Waals surface area contributed by atoms with Crippen molar-refractivity contribution >= 4 is 57.6 Å². The van der Waals surface area contributed by atoms with Crippen molar-refractivity contribution in [3.8, 4) is 6.07 Å². The quantitative estimate of drug-likeness (QED) is 0.150. The average Bonchev–Trinajstić information content (AvgIpc) is 3.50. The third-order valence-corrected chi connectivity index (χ3v) is 7.62. The number of pyridine rings is 1. The van der Waals surface area contributed by atoms with Crippen LogP contribution in [0.15, 0.2) is 47.1 Å². The molecule has 3 aromatic heterocycles. The van der Waals surface area contributed by atoms with Crippen molar-refractivity contribution in [3.05, 3.63) is 53.4 Å². The van der Waals surface area contributed by atoms with E-state index in [1.165, 1.54) is 23.8 Å². The van der Waals surface area contributed by atoms with Crippen LogP contribution in [0.1, 0.15) is 11.4 Å². The third kappa shape index (κ3) is 4.23. The Labute approximate surface area is 216 Å². The number of oxime groups is 1. The van der Waals surface area contributed by atoms with Gasteiger partial charge >= 0.3 is 5.97 Å². The van der Waals surface area contributed by atoms with E-state index >= 15 is 0 Å². The number of carboxylic acids is 1. The first-order chi connectivity index (χ1) is 17.8. The Morgan fingerprint density at radius 2 is 2.27 bits per heavy atom. The lowest BCUT2D eigenvalue weighted by Gasteiger charge is -2.49. The number of hydrogen-bond acceptors (Lipinski definition) is 11. The summed E-state index contributed by atoms with van der Waals surface area (Å²) in [7, 11) is 1.25. The summed E-state index contributed by atoms with van der Waals surface area (Å²) in [5.74, 6) is -2.27. The molecular weight excluding hydrogens is 522 g/mol. The van der Waals surface area contributed by atoms with Gasteiger partial charge in [-0.15, -0.1) is 11.8 Å². The molecule has 2 amide bonds. The van der Waals surface area contributed by atoms with Crippen LogP contribution in [0.3, 0.4) is 0 Å². The number of hydrogen-bond donors (Lipinski definition) is 3. The van der Waals surface area contributed by atoms with E-state index < -0.39 is 29.2 Å². The van der Waals surface area contributed by atoms with E-state index in [9.17, 15) is 19.5 Å². The molecule has 4 N–H and O–H groups in total. The van der Waals surface area contributed by atoms with Gasteiger partial charge in [-0.25, -0.2) is 13.8 Å². The highest BCUT2D eigenvalue weighted by molar-refractivity contribution is 8.00. The molecule has 0 spiro atoms. The number of amides is 2. The maximum Gasteiger partial charge on any atom is 0.352 e. The number of rotatable bonds is 7. The second-order valence-electron chi connectivity index (χ2n) is 7.92. The number of aliphatic carboxylic acids is 1. The van der Waals surface area contributed by atoms with Gasteiger partial charge in [0, 0.05) is 28.9 Å². The molecule has 2 atom stereocenters. The van der Waals surface area contributed by atoms with Crippen LogP contribution in [0.25, 0.3) is 5.65 Å². The van der Waals surface area contributed by atoms with Crippen LogP contribution < -0.4 is 15.6 Å². The number of nitrogen functional groups attached to an aromatic ring is 1. The number of nitrogens with two attached hydrogens (primary N) is 1. The first-order valence-corrected chi connectivity index (χ1v) is 12.5. The van der Waals surface area contributed by atoms with Crippen molar-refractivity contribution in [2.24, 2.45) is 5.16 Å². The van der Waals surface area contributed by atoms with Crippen molar-refractivity contribution in [3.63, 3.8) is 0 Å². The molecule has 0 radical (unpaired) electrons. The number of fused-ring (bicyclic) bond motifs is 2. The second-order valence-corrected chi connectivity index (χ2v) is 9.81. The molecule has 2 aliphatic heterocycles. The number of carbonyl (C=O) groups is 3. The Morgan fingerprint density at radius 1 is 1.46 bits per heavy atom. The van der Waals surface area contributed by atoms with Crippen molar-refractivity contribution in [1.29, 1.82) is 5.26 Å². The molecule has 37 heavy (non-hydrogen) atoms. The number of nitriles is 1. The summed E-state index contributed by atoms with van der Waals surface area (Å²) in [6.07, 6.45) is 5.21. The van der Waals surface area contributed by atoms with Crippen molar-refractivity contribution in [2.75, 3.05) is 18.6 Å². The minimum Gasteiger partial charge on any atom is -0.477 e. The highest BCUT2D eigenvalue weighted by Crippen LogP contribution is 2.40. The van der Waals surface area contributed by atoms with Crippen molar-refractivity contribution < 1.29 is 28.9 Å². The Kier molecular flexibility index (Phi) is 6.23. The molecule has 3 aromatic rings. The topological polar surface area (TPSA) is 192 Å². The predicted octanol–water partition coefficient (Wildman–Crippen LogP) is -0.679. The van der Waals surface area contributed by atoms with Gasteiger partial charge in [-0.1, -0.05) is 5.16 Å². The fraction of sp³-hybridized carbons (Fsp3) is 0.238. The van der Waals surface area contributed by atoms with Crippen molar-refractivity contribution in [1.82, 2.24) is 24.0 Å². The summed E-state index contributed by atoms with van der Waals surface area (Å²) in [5, 5.41) is 24.8. The predicted molar refractivity (Wildman–Crippen MR) is 130 cm³/mol. The smallest absolute Gasteiger partial charge is 0.352 e. The Morgan fingerprint density at radius 3 is 2.95 bits per heavy atom. The Balaban J connectivity index is 1.37. The summed E-state index contributed by atoms with van der Waals surface area (Å²) in [6, 6.07) is 4.54. The normalized spacial score (nSPS) is 19.3. The second kappa shape index (κ2) is 9.52. The van der Waals surface area contributed by atoms with Gasteiger partial charge in [0.25, 0.3) is 17.5 Å². The fourth-order valence-corrected chi connectivity index (χ4v) is 5.90. The fourth-order valence-electron chi connectivity index (χ4n) is 4.13. The number of nitrogens with one attached hydrogen (secondary N) is 1. The highest BCUT2D eigenvalue weighted by Gasteiger charge is 2.54. The number of carboxylic acid groups (broad SMARTS) is 1. The largest absolute Gasteiger partial charge is 0.477 e. The van der Waals surface area contributed by atoms with Crippen molar-refractivity contribution in [2.45, 2.75) is 18.0 Å². The first-order valence-electron chi connectivity index (χ1n) is 10.6. The SMILES string of the molecule is CON=C(C(=O)N[C@@H]1C(=O)N2C(C(=O)O)=C(C[n+]3ccn4cc(C#N)ccc43)CS[C@@H]12)c1nsc(N)n1. The molecule has 1 fully saturated rings. The number of nitrogens with zero attached hydrogens (tertiary/aromatic N) is 7. The summed E-state index contributed by atoms with van der Waals surface area (Å²) < 4.78 is 7.55. The van der Waals surface area contributed by atoms with E-state index in [2.05, 4.69) is 25.9 Å². The molecule has 1 saturated heterocycles. The van der Waals surface area contributed by atoms with Gasteiger partial charge in [0.05, 0.1) is 5.56 Å². The molecule has 0 saturated carbocycles. The van der Waals surface area contributed by atoms with Crippen LogP contribution in [0.5, 0.6) is 0 Å². The monoisotopic (exact) mass is 540 g/mol. The van der Waals surface area contributed by atoms with Crippen LogP contribution in [-0.4, -0.2) is 71.5 Å². The lowest BCUT2D eigenvalue weighted by Crippen LogP contribution is -2.71.